The van der Waals surface area contributed by atoms with Gasteiger partial charge in [0.05, 0.1) is 24.0 Å². The van der Waals surface area contributed by atoms with Crippen LogP contribution in [0.1, 0.15) is 50.7 Å². The van der Waals surface area contributed by atoms with Crippen LogP contribution in [0.4, 0.5) is 5.69 Å². The van der Waals surface area contributed by atoms with Crippen molar-refractivity contribution in [2.24, 2.45) is 11.8 Å². The summed E-state index contributed by atoms with van der Waals surface area (Å²) in [6.07, 6.45) is 3.73. The molecule has 274 valence electrons. The van der Waals surface area contributed by atoms with E-state index in [0.717, 1.165) is 10.8 Å². The number of carbonyl (C=O) groups excluding carboxylic acids is 4. The summed E-state index contributed by atoms with van der Waals surface area (Å²) in [5.74, 6) is -3.49. The molecule has 3 fully saturated rings. The molecule has 10 nitrogen and oxygen atoms in total. The van der Waals surface area contributed by atoms with Crippen molar-refractivity contribution in [3.05, 3.63) is 104 Å². The first-order valence-electron chi connectivity index (χ1n) is 17.9. The number of hydrogen-bond donors (Lipinski definition) is 2. The maximum absolute atomic E-state index is 15.0. The number of benzene rings is 3. The van der Waals surface area contributed by atoms with Crippen molar-refractivity contribution in [1.82, 2.24) is 10.2 Å². The molecule has 8 atom stereocenters. The van der Waals surface area contributed by atoms with Gasteiger partial charge in [0.15, 0.2) is 0 Å². The number of nitrogens with one attached hydrogen (secondary N) is 1. The molecule has 0 aromatic heterocycles. The van der Waals surface area contributed by atoms with E-state index in [1.807, 2.05) is 72.8 Å². The van der Waals surface area contributed by atoms with Crippen molar-refractivity contribution in [2.45, 2.75) is 73.7 Å². The molecule has 1 spiro atoms. The van der Waals surface area contributed by atoms with Gasteiger partial charge in [0.25, 0.3) is 5.91 Å². The Kier molecular flexibility index (Phi) is 11.6. The monoisotopic (exact) mass is 771 g/mol. The molecular weight excluding hydrogens is 726 g/mol. The first kappa shape index (κ1) is 37.4. The first-order chi connectivity index (χ1) is 25.1. The van der Waals surface area contributed by atoms with Crippen LogP contribution in [-0.4, -0.2) is 82.0 Å². The minimum atomic E-state index is -1.31. The van der Waals surface area contributed by atoms with E-state index in [4.69, 9.17) is 9.47 Å². The first-order valence-corrected chi connectivity index (χ1v) is 18.9. The Balaban J connectivity index is 1.35. The summed E-state index contributed by atoms with van der Waals surface area (Å²) in [6.45, 7) is 9.72. The number of likely N-dealkylation sites (tertiary alicyclic amines) is 1. The molecule has 0 radical (unpaired) electrons. The molecule has 3 aliphatic heterocycles. The molecule has 52 heavy (non-hydrogen) atoms. The molecule has 2 bridgehead atoms. The Labute approximate surface area is 313 Å². The summed E-state index contributed by atoms with van der Waals surface area (Å²) in [7, 11) is 0. The number of allylic oxidation sites excluding steroid dienone is 1. The highest BCUT2D eigenvalue weighted by molar-refractivity contribution is 9.09. The summed E-state index contributed by atoms with van der Waals surface area (Å²) < 4.78 is 13.0. The van der Waals surface area contributed by atoms with E-state index in [9.17, 15) is 24.3 Å². The fourth-order valence-electron chi connectivity index (χ4n) is 8.20. The molecule has 2 N–H and O–H groups in total. The number of carbonyl (C=O) groups is 4. The maximum atomic E-state index is 15.0. The summed E-state index contributed by atoms with van der Waals surface area (Å²) >= 11 is 3.75. The second-order valence-electron chi connectivity index (χ2n) is 13.8. The van der Waals surface area contributed by atoms with Gasteiger partial charge in [-0.2, -0.15) is 0 Å². The molecule has 6 rings (SSSR count). The quantitative estimate of drug-likeness (QED) is 0.0837. The number of hydrogen-bond acceptors (Lipinski definition) is 7. The van der Waals surface area contributed by atoms with E-state index in [1.165, 1.54) is 0 Å². The van der Waals surface area contributed by atoms with Crippen LogP contribution in [0.25, 0.3) is 10.8 Å². The molecule has 0 aliphatic carbocycles. The van der Waals surface area contributed by atoms with Gasteiger partial charge in [-0.1, -0.05) is 88.7 Å². The number of fused-ring (bicyclic) bond motifs is 2. The van der Waals surface area contributed by atoms with E-state index in [0.29, 0.717) is 36.9 Å². The number of aliphatic hydroxyl groups excluding tert-OH is 1. The Hall–Kier alpha value is -4.32. The van der Waals surface area contributed by atoms with Crippen molar-refractivity contribution in [1.29, 1.82) is 0 Å². The largest absolute Gasteiger partial charge is 0.455 e. The highest BCUT2D eigenvalue weighted by atomic mass is 79.9. The summed E-state index contributed by atoms with van der Waals surface area (Å²) in [4.78, 5) is 59.6. The molecule has 11 heteroatoms. The van der Waals surface area contributed by atoms with Gasteiger partial charge in [-0.3, -0.25) is 19.2 Å². The lowest BCUT2D eigenvalue weighted by molar-refractivity contribution is -0.162. The van der Waals surface area contributed by atoms with Crippen LogP contribution in [0, 0.1) is 11.8 Å². The minimum Gasteiger partial charge on any atom is -0.455 e. The van der Waals surface area contributed by atoms with Gasteiger partial charge in [-0.05, 0) is 61.1 Å². The van der Waals surface area contributed by atoms with Crippen LogP contribution in [0.2, 0.25) is 0 Å². The lowest BCUT2D eigenvalue weighted by Gasteiger charge is -2.37. The van der Waals surface area contributed by atoms with Gasteiger partial charge in [-0.25, -0.2) is 0 Å². The fourth-order valence-corrected chi connectivity index (χ4v) is 9.14. The average Bonchev–Trinajstić information content (AvgIpc) is 3.74. The van der Waals surface area contributed by atoms with Crippen molar-refractivity contribution >= 4 is 56.1 Å². The second kappa shape index (κ2) is 16.1. The number of esters is 1. The molecule has 3 heterocycles. The number of ether oxygens (including phenoxy) is 2. The van der Waals surface area contributed by atoms with Crippen LogP contribution < -0.4 is 10.2 Å². The van der Waals surface area contributed by atoms with Crippen molar-refractivity contribution in [3.8, 4) is 0 Å². The molecule has 3 aromatic rings. The van der Waals surface area contributed by atoms with E-state index in [-0.39, 0.29) is 48.7 Å². The number of halogens is 1. The number of anilines is 1. The van der Waals surface area contributed by atoms with Gasteiger partial charge in [-0.15, -0.1) is 13.2 Å². The van der Waals surface area contributed by atoms with Crippen LogP contribution in [0.3, 0.4) is 0 Å². The van der Waals surface area contributed by atoms with Gasteiger partial charge >= 0.3 is 5.97 Å². The smallest absolute Gasteiger partial charge is 0.313 e. The zero-order valence-corrected chi connectivity index (χ0v) is 31.0. The zero-order chi connectivity index (χ0) is 37.0. The molecule has 3 aromatic carbocycles. The predicted octanol–water partition coefficient (Wildman–Crippen LogP) is 5.63. The lowest BCUT2D eigenvalue weighted by Crippen LogP contribution is -2.57. The van der Waals surface area contributed by atoms with E-state index < -0.39 is 47.7 Å². The highest BCUT2D eigenvalue weighted by Crippen LogP contribution is 2.60. The van der Waals surface area contributed by atoms with Crippen molar-refractivity contribution < 1.29 is 33.8 Å². The van der Waals surface area contributed by atoms with E-state index in [2.05, 4.69) is 34.4 Å². The summed E-state index contributed by atoms with van der Waals surface area (Å²) in [5.41, 5.74) is 0.0345. The van der Waals surface area contributed by atoms with Crippen LogP contribution in [-0.2, 0) is 28.7 Å². The van der Waals surface area contributed by atoms with Crippen molar-refractivity contribution in [2.75, 3.05) is 24.6 Å². The average molecular weight is 773 g/mol. The number of rotatable bonds is 16. The number of nitrogens with zero attached hydrogens (tertiary/aromatic N) is 2. The lowest BCUT2D eigenvalue weighted by atomic mass is 9.70. The third-order valence-electron chi connectivity index (χ3n) is 10.5. The van der Waals surface area contributed by atoms with Crippen LogP contribution in [0.5, 0.6) is 0 Å². The number of unbranched alkanes of at least 4 members (excludes halogenated alkanes) is 1. The molecular formula is C41H46BrN3O7. The maximum Gasteiger partial charge on any atom is 0.313 e. The molecule has 3 amide bonds. The fraction of sp³-hybridized carbons (Fsp3) is 0.415. The molecule has 3 aliphatic rings. The minimum absolute atomic E-state index is 0.0604. The molecule has 3 saturated heterocycles. The predicted molar refractivity (Wildman–Crippen MR) is 203 cm³/mol. The van der Waals surface area contributed by atoms with Gasteiger partial charge in [0.2, 0.25) is 11.8 Å². The zero-order valence-electron chi connectivity index (χ0n) is 29.4. The number of amides is 3. The molecule has 0 saturated carbocycles. The Bertz CT molecular complexity index is 1820. The topological polar surface area (TPSA) is 125 Å². The molecule has 1 unspecified atom stereocenters. The van der Waals surface area contributed by atoms with Gasteiger partial charge < -0.3 is 29.7 Å². The Morgan fingerprint density at radius 3 is 2.52 bits per heavy atom. The van der Waals surface area contributed by atoms with Crippen molar-refractivity contribution in [3.63, 3.8) is 0 Å². The second-order valence-corrected chi connectivity index (χ2v) is 15.0. The summed E-state index contributed by atoms with van der Waals surface area (Å²) in [5, 5.41) is 14.5. The van der Waals surface area contributed by atoms with Gasteiger partial charge in [0, 0.05) is 36.6 Å². The third-order valence-corrected chi connectivity index (χ3v) is 11.4. The van der Waals surface area contributed by atoms with E-state index >= 15 is 0 Å². The Morgan fingerprint density at radius 1 is 1.08 bits per heavy atom. The summed E-state index contributed by atoms with van der Waals surface area (Å²) in [6, 6.07) is 21.2. The van der Waals surface area contributed by atoms with E-state index in [1.54, 1.807) is 28.9 Å². The third kappa shape index (κ3) is 7.06. The SMILES string of the molecule is C=CCCC(=O)N[C@H](C)[C@@H](OC(=O)[C@H]1[C@@H]2O[C@@]3(CC2Br)[C@@H]1C(=O)N(CCCCO)[C@@H]3C(=O)N(CC=C)c1ccc2ccccc2c1)c1ccccc1. The standard InChI is InChI=1S/C41H46BrN3O7/c1-4-6-18-32(47)43-26(3)35(28-15-8-7-9-16-28)51-40(50)33-34-38(48)45(22-12-13-23-46)37(41(34)25-31(42)36(33)52-41)39(49)44(21-5-2)30-20-19-27-14-10-11-17-29(27)24-30/h4-5,7-11,14-17,19-20,24,26,31,33-37,46H,1-2,6,12-13,18,21-23,25H2,3H3,(H,43,47)/t26-,31?,33-,34+,35-,36-,37-,41+/m1/s1. The van der Waals surface area contributed by atoms with Gasteiger partial charge in [0.1, 0.15) is 17.7 Å². The Morgan fingerprint density at radius 2 is 1.81 bits per heavy atom. The number of aliphatic hydroxyl groups is 1. The van der Waals surface area contributed by atoms with Crippen LogP contribution in [0.15, 0.2) is 98.1 Å². The van der Waals surface area contributed by atoms with Crippen LogP contribution >= 0.6 is 15.9 Å². The highest BCUT2D eigenvalue weighted by Gasteiger charge is 2.77. The normalized spacial score (nSPS) is 25.7. The number of alkyl halides is 1.